The molecule has 0 aliphatic heterocycles. The predicted molar refractivity (Wildman–Crippen MR) is 35.2 cm³/mol. The van der Waals surface area contributed by atoms with Gasteiger partial charge in [0.2, 0.25) is 0 Å². The molecule has 0 aromatic carbocycles. The minimum Gasteiger partial charge on any atom is -0.290 e. The Morgan fingerprint density at radius 1 is 1.88 bits per heavy atom. The Hall–Kier alpha value is -1.12. The molecule has 0 heterocycles. The van der Waals surface area contributed by atoms with Gasteiger partial charge in [0.1, 0.15) is 0 Å². The first-order chi connectivity index (χ1) is 3.81. The molecular weight excluding hydrogens is 102 g/mol. The smallest absolute Gasteiger partial charge is 0.0998 e. The summed E-state index contributed by atoms with van der Waals surface area (Å²) in [5.74, 6) is 0. The summed E-state index contributed by atoms with van der Waals surface area (Å²) in [6.45, 7) is 5.26. The van der Waals surface area contributed by atoms with Gasteiger partial charge < -0.3 is 0 Å². The van der Waals surface area contributed by atoms with E-state index in [-0.39, 0.29) is 0 Å². The molecule has 8 heavy (non-hydrogen) atoms. The zero-order valence-electron chi connectivity index (χ0n) is 4.81. The number of nitrogens with zero attached hydrogens (tertiary/aromatic N) is 1. The SMILES string of the molecule is C=C/C(C)=N\NC=N. The molecule has 0 aromatic rings. The summed E-state index contributed by atoms with van der Waals surface area (Å²) in [6, 6.07) is 0. The molecule has 0 fully saturated rings. The number of hydrogen-bond acceptors (Lipinski definition) is 2. The molecule has 0 bridgehead atoms. The molecule has 0 rings (SSSR count). The van der Waals surface area contributed by atoms with Crippen molar-refractivity contribution in [2.75, 3.05) is 0 Å². The van der Waals surface area contributed by atoms with Gasteiger partial charge >= 0.3 is 0 Å². The maximum atomic E-state index is 6.49. The molecule has 0 aromatic heterocycles. The van der Waals surface area contributed by atoms with Crippen LogP contribution in [0.2, 0.25) is 0 Å². The third-order valence-electron chi connectivity index (χ3n) is 0.601. The second-order valence-electron chi connectivity index (χ2n) is 1.23. The first-order valence-electron chi connectivity index (χ1n) is 2.22. The van der Waals surface area contributed by atoms with Gasteiger partial charge in [0.15, 0.2) is 0 Å². The molecule has 0 aliphatic rings. The van der Waals surface area contributed by atoms with Gasteiger partial charge in [-0.25, -0.2) is 0 Å². The molecule has 3 heteroatoms. The van der Waals surface area contributed by atoms with Crippen LogP contribution in [0.25, 0.3) is 0 Å². The van der Waals surface area contributed by atoms with Crippen LogP contribution in [0, 0.1) is 5.41 Å². The third-order valence-corrected chi connectivity index (χ3v) is 0.601. The predicted octanol–water partition coefficient (Wildman–Crippen LogP) is 0.745. The van der Waals surface area contributed by atoms with E-state index >= 15 is 0 Å². The summed E-state index contributed by atoms with van der Waals surface area (Å²) >= 11 is 0. The maximum Gasteiger partial charge on any atom is 0.0998 e. The van der Waals surface area contributed by atoms with Gasteiger partial charge in [0.05, 0.1) is 12.1 Å². The van der Waals surface area contributed by atoms with Crippen molar-refractivity contribution in [3.63, 3.8) is 0 Å². The van der Waals surface area contributed by atoms with Gasteiger partial charge in [-0.2, -0.15) is 5.10 Å². The molecular formula is C5H9N3. The van der Waals surface area contributed by atoms with Crippen LogP contribution in [0.5, 0.6) is 0 Å². The van der Waals surface area contributed by atoms with Crippen molar-refractivity contribution in [3.8, 4) is 0 Å². The molecule has 0 aliphatic carbocycles. The molecule has 0 saturated heterocycles. The van der Waals surface area contributed by atoms with Gasteiger partial charge in [-0.3, -0.25) is 10.8 Å². The van der Waals surface area contributed by atoms with Crippen LogP contribution in [0.3, 0.4) is 0 Å². The molecule has 44 valence electrons. The summed E-state index contributed by atoms with van der Waals surface area (Å²) in [7, 11) is 0. The fourth-order valence-corrected chi connectivity index (χ4v) is 0.180. The largest absolute Gasteiger partial charge is 0.290 e. The lowest BCUT2D eigenvalue weighted by Crippen LogP contribution is -2.02. The quantitative estimate of drug-likeness (QED) is 0.315. The lowest BCUT2D eigenvalue weighted by atomic mass is 10.4. The Labute approximate surface area is 48.6 Å². The maximum absolute atomic E-state index is 6.49. The summed E-state index contributed by atoms with van der Waals surface area (Å²) in [4.78, 5) is 0. The standard InChI is InChI=1S/C5H9N3/c1-3-5(2)8-7-4-6/h3-4H,1H2,2H3,(H2,6,7)/b8-5-. The van der Waals surface area contributed by atoms with Gasteiger partial charge in [-0.15, -0.1) is 0 Å². The molecule has 0 saturated carbocycles. The number of allylic oxidation sites excluding steroid dienone is 1. The Morgan fingerprint density at radius 3 is 2.88 bits per heavy atom. The minimum atomic E-state index is 0.772. The van der Waals surface area contributed by atoms with Crippen molar-refractivity contribution in [1.29, 1.82) is 5.41 Å². The van der Waals surface area contributed by atoms with Crippen molar-refractivity contribution in [1.82, 2.24) is 5.43 Å². The molecule has 2 N–H and O–H groups in total. The highest BCUT2D eigenvalue weighted by Crippen LogP contribution is 1.70. The van der Waals surface area contributed by atoms with Crippen molar-refractivity contribution in [2.45, 2.75) is 6.92 Å². The van der Waals surface area contributed by atoms with E-state index in [4.69, 9.17) is 5.41 Å². The summed E-state index contributed by atoms with van der Waals surface area (Å²) < 4.78 is 0. The highest BCUT2D eigenvalue weighted by atomic mass is 15.3. The van der Waals surface area contributed by atoms with Crippen LogP contribution < -0.4 is 5.43 Å². The number of hydrogen-bond donors (Lipinski definition) is 2. The Kier molecular flexibility index (Phi) is 3.48. The van der Waals surface area contributed by atoms with Gasteiger partial charge in [0, 0.05) is 0 Å². The summed E-state index contributed by atoms with van der Waals surface area (Å²) in [5.41, 5.74) is 3.13. The van der Waals surface area contributed by atoms with Gasteiger partial charge in [-0.05, 0) is 13.0 Å². The lowest BCUT2D eigenvalue weighted by molar-refractivity contribution is 1.04. The average molecular weight is 111 g/mol. The molecule has 0 spiro atoms. The zero-order chi connectivity index (χ0) is 6.41. The first kappa shape index (κ1) is 6.88. The van der Waals surface area contributed by atoms with E-state index in [0.717, 1.165) is 12.1 Å². The zero-order valence-corrected chi connectivity index (χ0v) is 4.81. The average Bonchev–Trinajstić information content (AvgIpc) is 1.83. The number of hydrazone groups is 1. The van der Waals surface area contributed by atoms with E-state index in [2.05, 4.69) is 17.1 Å². The van der Waals surface area contributed by atoms with Crippen molar-refractivity contribution >= 4 is 12.1 Å². The Bertz CT molecular complexity index is 115. The van der Waals surface area contributed by atoms with Crippen molar-refractivity contribution in [2.24, 2.45) is 5.10 Å². The van der Waals surface area contributed by atoms with Gasteiger partial charge in [-0.1, -0.05) is 6.58 Å². The fraction of sp³-hybridized carbons (Fsp3) is 0.200. The van der Waals surface area contributed by atoms with Gasteiger partial charge in [0.25, 0.3) is 0 Å². The highest BCUT2D eigenvalue weighted by Gasteiger charge is 1.74. The minimum absolute atomic E-state index is 0.772. The van der Waals surface area contributed by atoms with E-state index < -0.39 is 0 Å². The molecule has 0 amide bonds. The molecule has 0 radical (unpaired) electrons. The van der Waals surface area contributed by atoms with Crippen LogP contribution in [0.4, 0.5) is 0 Å². The van der Waals surface area contributed by atoms with Crippen LogP contribution in [-0.4, -0.2) is 12.1 Å². The highest BCUT2D eigenvalue weighted by molar-refractivity contribution is 5.92. The van der Waals surface area contributed by atoms with E-state index in [1.54, 1.807) is 13.0 Å². The summed E-state index contributed by atoms with van der Waals surface area (Å²) in [5, 5.41) is 10.2. The third kappa shape index (κ3) is 3.08. The second kappa shape index (κ2) is 4.05. The van der Waals surface area contributed by atoms with Crippen molar-refractivity contribution in [3.05, 3.63) is 12.7 Å². The molecule has 0 unspecified atom stereocenters. The molecule has 0 atom stereocenters. The normalized spacial score (nSPS) is 10.4. The van der Waals surface area contributed by atoms with Crippen LogP contribution >= 0.6 is 0 Å². The summed E-state index contributed by atoms with van der Waals surface area (Å²) in [6.07, 6.45) is 2.61. The fourth-order valence-electron chi connectivity index (χ4n) is 0.180. The van der Waals surface area contributed by atoms with Crippen LogP contribution in [0.15, 0.2) is 17.8 Å². The van der Waals surface area contributed by atoms with Crippen LogP contribution in [-0.2, 0) is 0 Å². The number of rotatable bonds is 3. The topological polar surface area (TPSA) is 48.2 Å². The Morgan fingerprint density at radius 2 is 2.50 bits per heavy atom. The molecule has 3 nitrogen and oxygen atoms in total. The second-order valence-corrected chi connectivity index (χ2v) is 1.23. The lowest BCUT2D eigenvalue weighted by Gasteiger charge is -1.87. The van der Waals surface area contributed by atoms with E-state index in [1.165, 1.54) is 0 Å². The van der Waals surface area contributed by atoms with E-state index in [9.17, 15) is 0 Å². The van der Waals surface area contributed by atoms with Crippen molar-refractivity contribution < 1.29 is 0 Å². The van der Waals surface area contributed by atoms with E-state index in [0.29, 0.717) is 0 Å². The monoisotopic (exact) mass is 111 g/mol. The van der Waals surface area contributed by atoms with Crippen LogP contribution in [0.1, 0.15) is 6.92 Å². The Balaban J connectivity index is 3.56. The van der Waals surface area contributed by atoms with E-state index in [1.807, 2.05) is 0 Å². The number of nitrogens with one attached hydrogen (secondary N) is 2. The first-order valence-corrected chi connectivity index (χ1v) is 2.22.